The maximum Gasteiger partial charge on any atom is -0.00436 e. The molecule has 0 unspecified atom stereocenters. The van der Waals surface area contributed by atoms with Crippen molar-refractivity contribution in [2.75, 3.05) is 13.1 Å². The smallest absolute Gasteiger partial charge is 0.00436 e. The second-order valence-electron chi connectivity index (χ2n) is 6.92. The molecule has 0 spiro atoms. The van der Waals surface area contributed by atoms with Crippen molar-refractivity contribution in [2.45, 2.75) is 58.3 Å². The first-order valence-corrected chi connectivity index (χ1v) is 7.50. The van der Waals surface area contributed by atoms with Gasteiger partial charge in [0.2, 0.25) is 0 Å². The van der Waals surface area contributed by atoms with Gasteiger partial charge < -0.3 is 5.32 Å². The van der Waals surface area contributed by atoms with Crippen molar-refractivity contribution in [3.05, 3.63) is 0 Å². The Bertz CT molecular complexity index is 216. The molecule has 0 aromatic heterocycles. The Hall–Kier alpha value is 0.250. The maximum atomic E-state index is 3.61. The Labute approximate surface area is 113 Å². The Morgan fingerprint density at radius 1 is 0.941 bits per heavy atom. The lowest BCUT2D eigenvalue weighted by atomic mass is 9.49. The lowest BCUT2D eigenvalue weighted by Crippen LogP contribution is -2.47. The molecule has 0 aliphatic heterocycles. The largest absolute Gasteiger partial charge is 0.317 e. The first-order chi connectivity index (χ1) is 7.80. The van der Waals surface area contributed by atoms with Crippen LogP contribution in [0, 0.1) is 23.2 Å². The van der Waals surface area contributed by atoms with Gasteiger partial charge in [-0.2, -0.15) is 0 Å². The van der Waals surface area contributed by atoms with Crippen LogP contribution in [0.5, 0.6) is 0 Å². The van der Waals surface area contributed by atoms with Gasteiger partial charge in [0.05, 0.1) is 0 Å². The van der Waals surface area contributed by atoms with E-state index in [2.05, 4.69) is 12.2 Å². The van der Waals surface area contributed by atoms with Crippen LogP contribution in [0.15, 0.2) is 0 Å². The van der Waals surface area contributed by atoms with Crippen LogP contribution < -0.4 is 5.32 Å². The zero-order valence-electron chi connectivity index (χ0n) is 11.2. The van der Waals surface area contributed by atoms with Crippen LogP contribution >= 0.6 is 12.4 Å². The van der Waals surface area contributed by atoms with Gasteiger partial charge in [-0.15, -0.1) is 12.4 Å². The zero-order chi connectivity index (χ0) is 11.0. The fraction of sp³-hybridized carbons (Fsp3) is 1.00. The van der Waals surface area contributed by atoms with Crippen LogP contribution in [0.3, 0.4) is 0 Å². The lowest BCUT2D eigenvalue weighted by molar-refractivity contribution is -0.0567. The standard InChI is InChI=1S/C15H27N.ClH/c1-2-4-16-5-3-15-9-12-6-13(10-15)8-14(7-12)11-15;/h12-14,16H,2-11H2,1H3;1H. The molecule has 1 nitrogen and oxygen atoms in total. The van der Waals surface area contributed by atoms with E-state index in [1.54, 1.807) is 38.5 Å². The number of halogens is 1. The van der Waals surface area contributed by atoms with Gasteiger partial charge in [-0.3, -0.25) is 0 Å². The van der Waals surface area contributed by atoms with Gasteiger partial charge in [0.15, 0.2) is 0 Å². The minimum Gasteiger partial charge on any atom is -0.317 e. The van der Waals surface area contributed by atoms with Gasteiger partial charge in [0.25, 0.3) is 0 Å². The van der Waals surface area contributed by atoms with Crippen molar-refractivity contribution in [1.82, 2.24) is 5.32 Å². The summed E-state index contributed by atoms with van der Waals surface area (Å²) in [5, 5.41) is 3.61. The molecule has 0 aromatic rings. The van der Waals surface area contributed by atoms with Gasteiger partial charge in [-0.1, -0.05) is 6.92 Å². The summed E-state index contributed by atoms with van der Waals surface area (Å²) in [6.07, 6.45) is 12.2. The third kappa shape index (κ3) is 2.81. The molecular weight excluding hydrogens is 230 g/mol. The molecule has 4 bridgehead atoms. The van der Waals surface area contributed by atoms with Crippen molar-refractivity contribution in [2.24, 2.45) is 23.2 Å². The molecule has 0 amide bonds. The van der Waals surface area contributed by atoms with Crippen LogP contribution in [0.25, 0.3) is 0 Å². The van der Waals surface area contributed by atoms with Crippen molar-refractivity contribution >= 4 is 12.4 Å². The molecule has 100 valence electrons. The summed E-state index contributed by atoms with van der Waals surface area (Å²) in [4.78, 5) is 0. The molecule has 2 heteroatoms. The van der Waals surface area contributed by atoms with Crippen LogP contribution in [0.2, 0.25) is 0 Å². The van der Waals surface area contributed by atoms with Gasteiger partial charge in [-0.05, 0) is 87.6 Å². The minimum absolute atomic E-state index is 0. The third-order valence-electron chi connectivity index (χ3n) is 5.42. The Balaban J connectivity index is 0.00000108. The second kappa shape index (κ2) is 5.48. The first-order valence-electron chi connectivity index (χ1n) is 7.50. The Morgan fingerprint density at radius 2 is 1.47 bits per heavy atom. The average molecular weight is 258 g/mol. The molecule has 0 atom stereocenters. The number of nitrogens with one attached hydrogen (secondary N) is 1. The summed E-state index contributed by atoms with van der Waals surface area (Å²) in [5.41, 5.74) is 0.787. The van der Waals surface area contributed by atoms with E-state index in [0.717, 1.165) is 23.2 Å². The predicted molar refractivity (Wildman–Crippen MR) is 75.6 cm³/mol. The van der Waals surface area contributed by atoms with Crippen molar-refractivity contribution < 1.29 is 0 Å². The molecule has 0 radical (unpaired) electrons. The molecule has 1 N–H and O–H groups in total. The molecule has 4 aliphatic carbocycles. The van der Waals surface area contributed by atoms with Crippen molar-refractivity contribution in [3.63, 3.8) is 0 Å². The van der Waals surface area contributed by atoms with Crippen molar-refractivity contribution in [1.29, 1.82) is 0 Å². The van der Waals surface area contributed by atoms with E-state index in [1.165, 1.54) is 25.9 Å². The predicted octanol–water partition coefficient (Wildman–Crippen LogP) is 4.01. The fourth-order valence-corrected chi connectivity index (χ4v) is 5.25. The van der Waals surface area contributed by atoms with Crippen LogP contribution in [0.4, 0.5) is 0 Å². The highest BCUT2D eigenvalue weighted by Gasteiger charge is 2.50. The summed E-state index contributed by atoms with van der Waals surface area (Å²) in [6, 6.07) is 0. The fourth-order valence-electron chi connectivity index (χ4n) is 5.25. The first kappa shape index (κ1) is 13.7. The molecule has 4 aliphatic rings. The molecule has 17 heavy (non-hydrogen) atoms. The van der Waals surface area contributed by atoms with E-state index in [4.69, 9.17) is 0 Å². The zero-order valence-corrected chi connectivity index (χ0v) is 12.0. The van der Waals surface area contributed by atoms with E-state index >= 15 is 0 Å². The molecular formula is C15H28ClN. The number of hydrogen-bond donors (Lipinski definition) is 1. The summed E-state index contributed by atoms with van der Waals surface area (Å²) < 4.78 is 0. The number of rotatable bonds is 5. The van der Waals surface area contributed by atoms with Gasteiger partial charge in [-0.25, -0.2) is 0 Å². The molecule has 0 aromatic carbocycles. The third-order valence-corrected chi connectivity index (χ3v) is 5.42. The molecule has 4 rings (SSSR count). The van der Waals surface area contributed by atoms with Crippen LogP contribution in [-0.2, 0) is 0 Å². The SMILES string of the molecule is CCCNCCC12CC3CC(CC(C3)C1)C2.Cl. The van der Waals surface area contributed by atoms with E-state index < -0.39 is 0 Å². The van der Waals surface area contributed by atoms with Gasteiger partial charge >= 0.3 is 0 Å². The van der Waals surface area contributed by atoms with E-state index in [1.807, 2.05) is 0 Å². The average Bonchev–Trinajstić information content (AvgIpc) is 2.22. The van der Waals surface area contributed by atoms with Crippen LogP contribution in [-0.4, -0.2) is 13.1 Å². The highest BCUT2D eigenvalue weighted by molar-refractivity contribution is 5.85. The molecule has 0 heterocycles. The highest BCUT2D eigenvalue weighted by atomic mass is 35.5. The van der Waals surface area contributed by atoms with E-state index in [9.17, 15) is 0 Å². The normalized spacial score (nSPS) is 42.5. The number of hydrogen-bond acceptors (Lipinski definition) is 1. The summed E-state index contributed by atoms with van der Waals surface area (Å²) in [5.74, 6) is 3.37. The van der Waals surface area contributed by atoms with Crippen molar-refractivity contribution in [3.8, 4) is 0 Å². The highest BCUT2D eigenvalue weighted by Crippen LogP contribution is 2.61. The van der Waals surface area contributed by atoms with Gasteiger partial charge in [0, 0.05) is 0 Å². The Kier molecular flexibility index (Phi) is 4.41. The quantitative estimate of drug-likeness (QED) is 0.734. The summed E-state index contributed by atoms with van der Waals surface area (Å²) in [7, 11) is 0. The molecule has 4 fully saturated rings. The summed E-state index contributed by atoms with van der Waals surface area (Å²) >= 11 is 0. The second-order valence-corrected chi connectivity index (χ2v) is 6.92. The topological polar surface area (TPSA) is 12.0 Å². The minimum atomic E-state index is 0. The monoisotopic (exact) mass is 257 g/mol. The Morgan fingerprint density at radius 3 is 1.94 bits per heavy atom. The van der Waals surface area contributed by atoms with Gasteiger partial charge in [0.1, 0.15) is 0 Å². The molecule has 0 saturated heterocycles. The lowest BCUT2D eigenvalue weighted by Gasteiger charge is -2.57. The molecule has 4 saturated carbocycles. The van der Waals surface area contributed by atoms with Crippen LogP contribution in [0.1, 0.15) is 58.3 Å². The maximum absolute atomic E-state index is 3.61. The van der Waals surface area contributed by atoms with E-state index in [0.29, 0.717) is 0 Å². The van der Waals surface area contributed by atoms with E-state index in [-0.39, 0.29) is 12.4 Å². The summed E-state index contributed by atoms with van der Waals surface area (Å²) in [6.45, 7) is 4.75.